The summed E-state index contributed by atoms with van der Waals surface area (Å²) in [7, 11) is 0. The molecule has 2 rings (SSSR count). The zero-order valence-corrected chi connectivity index (χ0v) is 9.59. The second-order valence-corrected chi connectivity index (χ2v) is 4.13. The van der Waals surface area contributed by atoms with E-state index in [0.717, 1.165) is 20.8 Å². The molecule has 70 valence electrons. The maximum absolute atomic E-state index is 5.91. The van der Waals surface area contributed by atoms with Gasteiger partial charge < -0.3 is 0 Å². The van der Waals surface area contributed by atoms with Gasteiger partial charge in [-0.15, -0.1) is 0 Å². The van der Waals surface area contributed by atoms with Gasteiger partial charge in [-0.25, -0.2) is 4.98 Å². The van der Waals surface area contributed by atoms with Crippen molar-refractivity contribution in [2.75, 3.05) is 0 Å². The number of rotatable bonds is 1. The van der Waals surface area contributed by atoms with Crippen LogP contribution < -0.4 is 0 Å². The normalized spacial score (nSPS) is 10.1. The molecule has 0 amide bonds. The maximum Gasteiger partial charge on any atom is 0.106 e. The van der Waals surface area contributed by atoms with E-state index < -0.39 is 0 Å². The zero-order valence-electron chi connectivity index (χ0n) is 7.24. The first-order chi connectivity index (χ1) is 6.75. The van der Waals surface area contributed by atoms with E-state index in [1.54, 1.807) is 6.20 Å². The van der Waals surface area contributed by atoms with Crippen LogP contribution in [0.4, 0.5) is 0 Å². The maximum atomic E-state index is 5.91. The predicted octanol–water partition coefficient (Wildman–Crippen LogP) is 4.16. The number of pyridine rings is 1. The molecule has 0 aliphatic carbocycles. The fourth-order valence-electron chi connectivity index (χ4n) is 1.25. The third-order valence-electron chi connectivity index (χ3n) is 1.88. The van der Waals surface area contributed by atoms with Gasteiger partial charge in [0, 0.05) is 11.2 Å². The van der Waals surface area contributed by atoms with Crippen LogP contribution in [0.25, 0.3) is 11.1 Å². The smallest absolute Gasteiger partial charge is 0.106 e. The van der Waals surface area contributed by atoms with Crippen molar-refractivity contribution < 1.29 is 0 Å². The van der Waals surface area contributed by atoms with Gasteiger partial charge in [-0.3, -0.25) is 0 Å². The standard InChI is InChI=1S/C11H7BrClN/c12-11-7-9(4-5-14-11)8-2-1-3-10(13)6-8/h1-7H. The molecule has 0 bridgehead atoms. The quantitative estimate of drug-likeness (QED) is 0.708. The average molecular weight is 269 g/mol. The summed E-state index contributed by atoms with van der Waals surface area (Å²) in [6.45, 7) is 0. The molecule has 14 heavy (non-hydrogen) atoms. The van der Waals surface area contributed by atoms with Gasteiger partial charge in [-0.2, -0.15) is 0 Å². The number of hydrogen-bond acceptors (Lipinski definition) is 1. The molecule has 0 aliphatic heterocycles. The van der Waals surface area contributed by atoms with Gasteiger partial charge in [0.05, 0.1) is 0 Å². The highest BCUT2D eigenvalue weighted by atomic mass is 79.9. The number of hydrogen-bond donors (Lipinski definition) is 0. The van der Waals surface area contributed by atoms with E-state index >= 15 is 0 Å². The Labute approximate surface area is 95.9 Å². The van der Waals surface area contributed by atoms with Crippen LogP contribution in [-0.2, 0) is 0 Å². The highest BCUT2D eigenvalue weighted by molar-refractivity contribution is 9.10. The van der Waals surface area contributed by atoms with Crippen LogP contribution in [0.1, 0.15) is 0 Å². The summed E-state index contributed by atoms with van der Waals surface area (Å²) in [5, 5.41) is 0.746. The van der Waals surface area contributed by atoms with Crippen LogP contribution in [0.3, 0.4) is 0 Å². The van der Waals surface area contributed by atoms with E-state index in [1.807, 2.05) is 36.4 Å². The molecule has 0 unspecified atom stereocenters. The Bertz CT molecular complexity index is 413. The average Bonchev–Trinajstić information content (AvgIpc) is 2.18. The summed E-state index contributed by atoms with van der Waals surface area (Å²) in [6, 6.07) is 11.7. The number of nitrogens with zero attached hydrogens (tertiary/aromatic N) is 1. The monoisotopic (exact) mass is 267 g/mol. The van der Waals surface area contributed by atoms with Crippen LogP contribution >= 0.6 is 27.5 Å². The molecule has 0 saturated carbocycles. The fraction of sp³-hybridized carbons (Fsp3) is 0. The Kier molecular flexibility index (Phi) is 2.85. The van der Waals surface area contributed by atoms with Crippen molar-refractivity contribution in [3.05, 3.63) is 52.2 Å². The van der Waals surface area contributed by atoms with E-state index in [4.69, 9.17) is 11.6 Å². The molecule has 0 fully saturated rings. The highest BCUT2D eigenvalue weighted by Gasteiger charge is 1.98. The van der Waals surface area contributed by atoms with Crippen molar-refractivity contribution in [1.29, 1.82) is 0 Å². The molecule has 2 aromatic rings. The van der Waals surface area contributed by atoms with E-state index in [1.165, 1.54) is 0 Å². The predicted molar refractivity (Wildman–Crippen MR) is 62.4 cm³/mol. The van der Waals surface area contributed by atoms with Gasteiger partial charge in [0.1, 0.15) is 4.60 Å². The molecule has 0 N–H and O–H groups in total. The topological polar surface area (TPSA) is 12.9 Å². The molecular formula is C11H7BrClN. The summed E-state index contributed by atoms with van der Waals surface area (Å²) >= 11 is 9.24. The lowest BCUT2D eigenvalue weighted by Crippen LogP contribution is -1.79. The lowest BCUT2D eigenvalue weighted by molar-refractivity contribution is 1.28. The van der Waals surface area contributed by atoms with Crippen molar-refractivity contribution in [1.82, 2.24) is 4.98 Å². The molecule has 1 aromatic carbocycles. The third kappa shape index (κ3) is 2.14. The summed E-state index contributed by atoms with van der Waals surface area (Å²) in [5.74, 6) is 0. The molecule has 1 aromatic heterocycles. The lowest BCUT2D eigenvalue weighted by Gasteiger charge is -2.01. The van der Waals surface area contributed by atoms with Crippen molar-refractivity contribution in [2.45, 2.75) is 0 Å². The molecule has 0 saturated heterocycles. The molecule has 0 aliphatic rings. The SMILES string of the molecule is Clc1cccc(-c2ccnc(Br)c2)c1. The fourth-order valence-corrected chi connectivity index (χ4v) is 1.81. The second-order valence-electron chi connectivity index (χ2n) is 2.88. The summed E-state index contributed by atoms with van der Waals surface area (Å²) in [4.78, 5) is 4.07. The molecule has 1 heterocycles. The van der Waals surface area contributed by atoms with Gasteiger partial charge in [0.25, 0.3) is 0 Å². The Hall–Kier alpha value is -0.860. The first-order valence-electron chi connectivity index (χ1n) is 4.13. The van der Waals surface area contributed by atoms with Crippen LogP contribution in [0.15, 0.2) is 47.2 Å². The Morgan fingerprint density at radius 3 is 2.57 bits per heavy atom. The van der Waals surface area contributed by atoms with E-state index in [9.17, 15) is 0 Å². The molecule has 1 nitrogen and oxygen atoms in total. The second kappa shape index (κ2) is 4.11. The van der Waals surface area contributed by atoms with Gasteiger partial charge in [-0.05, 0) is 51.3 Å². The van der Waals surface area contributed by atoms with E-state index in [-0.39, 0.29) is 0 Å². The van der Waals surface area contributed by atoms with Gasteiger partial charge in [0.15, 0.2) is 0 Å². The van der Waals surface area contributed by atoms with Crippen molar-refractivity contribution >= 4 is 27.5 Å². The van der Waals surface area contributed by atoms with E-state index in [0.29, 0.717) is 0 Å². The Morgan fingerprint density at radius 1 is 1.07 bits per heavy atom. The minimum atomic E-state index is 0.746. The largest absolute Gasteiger partial charge is 0.249 e. The number of halogens is 2. The van der Waals surface area contributed by atoms with Crippen molar-refractivity contribution in [3.63, 3.8) is 0 Å². The van der Waals surface area contributed by atoms with Crippen LogP contribution in [0.2, 0.25) is 5.02 Å². The minimum absolute atomic E-state index is 0.746. The molecule has 0 atom stereocenters. The van der Waals surface area contributed by atoms with Crippen molar-refractivity contribution in [3.8, 4) is 11.1 Å². The molecule has 0 radical (unpaired) electrons. The molecule has 0 spiro atoms. The van der Waals surface area contributed by atoms with Gasteiger partial charge in [0.2, 0.25) is 0 Å². The Morgan fingerprint density at radius 2 is 1.86 bits per heavy atom. The summed E-state index contributed by atoms with van der Waals surface area (Å²) in [6.07, 6.45) is 1.76. The van der Waals surface area contributed by atoms with Crippen LogP contribution in [0.5, 0.6) is 0 Å². The van der Waals surface area contributed by atoms with Crippen LogP contribution in [-0.4, -0.2) is 4.98 Å². The highest BCUT2D eigenvalue weighted by Crippen LogP contribution is 2.23. The third-order valence-corrected chi connectivity index (χ3v) is 2.55. The van der Waals surface area contributed by atoms with Crippen LogP contribution in [0, 0.1) is 0 Å². The van der Waals surface area contributed by atoms with Gasteiger partial charge in [-0.1, -0.05) is 23.7 Å². The minimum Gasteiger partial charge on any atom is -0.249 e. The molecule has 3 heteroatoms. The summed E-state index contributed by atoms with van der Waals surface area (Å²) in [5.41, 5.74) is 2.20. The first kappa shape index (κ1) is 9.69. The lowest BCUT2D eigenvalue weighted by atomic mass is 10.1. The Balaban J connectivity index is 2.49. The number of aromatic nitrogens is 1. The van der Waals surface area contributed by atoms with E-state index in [2.05, 4.69) is 20.9 Å². The van der Waals surface area contributed by atoms with Gasteiger partial charge >= 0.3 is 0 Å². The molecular weight excluding hydrogens is 261 g/mol. The zero-order chi connectivity index (χ0) is 9.97. The summed E-state index contributed by atoms with van der Waals surface area (Å²) < 4.78 is 0.829. The van der Waals surface area contributed by atoms with Crippen molar-refractivity contribution in [2.24, 2.45) is 0 Å². The first-order valence-corrected chi connectivity index (χ1v) is 5.30. The number of benzene rings is 1.